The molecule has 0 bridgehead atoms. The lowest BCUT2D eigenvalue weighted by atomic mass is 10.1. The molecule has 1 N–H and O–H groups in total. The molecule has 1 heterocycles. The van der Waals surface area contributed by atoms with Gasteiger partial charge in [-0.25, -0.2) is 12.7 Å². The average molecular weight is 520 g/mol. The normalized spacial score (nSPS) is 14.9. The Balaban J connectivity index is 1.70. The Bertz CT molecular complexity index is 1200. The molecule has 2 aromatic carbocycles. The lowest BCUT2D eigenvalue weighted by Crippen LogP contribution is -2.48. The van der Waals surface area contributed by atoms with E-state index in [-0.39, 0.29) is 48.2 Å². The second kappa shape index (κ2) is 11.7. The largest absolute Gasteiger partial charge is 0.354 e. The van der Waals surface area contributed by atoms with Crippen LogP contribution < -0.4 is 5.32 Å². The number of carbonyl (C=O) groups excluding carboxylic acids is 3. The van der Waals surface area contributed by atoms with Crippen molar-refractivity contribution < 1.29 is 22.8 Å². The van der Waals surface area contributed by atoms with Crippen molar-refractivity contribution in [2.75, 3.05) is 13.1 Å². The molecule has 2 aromatic rings. The van der Waals surface area contributed by atoms with E-state index in [9.17, 15) is 22.8 Å². The van der Waals surface area contributed by atoms with E-state index in [1.165, 1.54) is 17.0 Å². The minimum Gasteiger partial charge on any atom is -0.354 e. The summed E-state index contributed by atoms with van der Waals surface area (Å²) in [5.74, 6) is -1.19. The van der Waals surface area contributed by atoms with Crippen LogP contribution >= 0.6 is 11.6 Å². The van der Waals surface area contributed by atoms with E-state index in [1.807, 2.05) is 6.92 Å². The van der Waals surface area contributed by atoms with Crippen LogP contribution in [0, 0.1) is 0 Å². The lowest BCUT2D eigenvalue weighted by Gasteiger charge is -2.29. The van der Waals surface area contributed by atoms with Crippen molar-refractivity contribution in [3.05, 3.63) is 64.7 Å². The van der Waals surface area contributed by atoms with Crippen molar-refractivity contribution >= 4 is 39.3 Å². The number of hydrogen-bond donors (Lipinski definition) is 1. The number of sulfonamides is 1. The molecule has 1 aliphatic heterocycles. The van der Waals surface area contributed by atoms with Gasteiger partial charge in [-0.1, -0.05) is 55.3 Å². The molecule has 0 saturated carbocycles. The van der Waals surface area contributed by atoms with Gasteiger partial charge in [0.25, 0.3) is 15.9 Å². The van der Waals surface area contributed by atoms with Gasteiger partial charge in [-0.05, 0) is 43.5 Å². The zero-order chi connectivity index (χ0) is 25.6. The summed E-state index contributed by atoms with van der Waals surface area (Å²) in [4.78, 5) is 40.0. The summed E-state index contributed by atoms with van der Waals surface area (Å²) in [6, 6.07) is 12.4. The van der Waals surface area contributed by atoms with Crippen LogP contribution in [0.15, 0.2) is 53.4 Å². The predicted octanol–water partition coefficient (Wildman–Crippen LogP) is 3.60. The van der Waals surface area contributed by atoms with Crippen molar-refractivity contribution in [2.24, 2.45) is 0 Å². The zero-order valence-corrected chi connectivity index (χ0v) is 21.4. The lowest BCUT2D eigenvalue weighted by molar-refractivity contribution is -0.140. The molecule has 188 valence electrons. The Hall–Kier alpha value is -2.91. The number of nitrogens with zero attached hydrogens (tertiary/aromatic N) is 2. The average Bonchev–Trinajstić information content (AvgIpc) is 3.03. The fraction of sp³-hybridized carbons (Fsp3) is 0.400. The number of amides is 3. The zero-order valence-electron chi connectivity index (χ0n) is 19.9. The molecule has 0 spiro atoms. The number of rotatable bonds is 11. The highest BCUT2D eigenvalue weighted by molar-refractivity contribution is 7.90. The van der Waals surface area contributed by atoms with Crippen molar-refractivity contribution in [2.45, 2.75) is 57.0 Å². The highest BCUT2D eigenvalue weighted by Gasteiger charge is 2.40. The first-order valence-electron chi connectivity index (χ1n) is 11.6. The van der Waals surface area contributed by atoms with E-state index in [0.29, 0.717) is 17.1 Å². The van der Waals surface area contributed by atoms with Crippen molar-refractivity contribution in [3.63, 3.8) is 0 Å². The maximum Gasteiger partial charge on any atom is 0.269 e. The fourth-order valence-electron chi connectivity index (χ4n) is 3.90. The number of benzene rings is 2. The highest BCUT2D eigenvalue weighted by Crippen LogP contribution is 2.30. The molecule has 3 rings (SSSR count). The van der Waals surface area contributed by atoms with Gasteiger partial charge in [-0.3, -0.25) is 14.4 Å². The predicted molar refractivity (Wildman–Crippen MR) is 133 cm³/mol. The van der Waals surface area contributed by atoms with E-state index in [4.69, 9.17) is 11.6 Å². The van der Waals surface area contributed by atoms with Gasteiger partial charge < -0.3 is 10.2 Å². The molecule has 0 saturated heterocycles. The maximum atomic E-state index is 13.2. The van der Waals surface area contributed by atoms with Crippen molar-refractivity contribution in [3.8, 4) is 0 Å². The van der Waals surface area contributed by atoms with E-state index in [1.54, 1.807) is 43.3 Å². The number of halogens is 1. The highest BCUT2D eigenvalue weighted by atomic mass is 35.5. The molecule has 1 aliphatic rings. The van der Waals surface area contributed by atoms with Crippen LogP contribution in [0.1, 0.15) is 55.5 Å². The van der Waals surface area contributed by atoms with E-state index < -0.39 is 22.0 Å². The molecule has 0 unspecified atom stereocenters. The molecule has 0 aromatic heterocycles. The number of unbranched alkanes of at least 4 members (excludes halogenated alkanes) is 1. The molecular weight excluding hydrogens is 490 g/mol. The Morgan fingerprint density at radius 1 is 1.09 bits per heavy atom. The SMILES string of the molecule is CCCCNC(=O)[C@H](C)N(Cc1ccccc1Cl)C(=O)CCCN1C(=O)c2ccccc2S1(=O)=O. The van der Waals surface area contributed by atoms with Crippen LogP contribution in [-0.2, 0) is 26.2 Å². The van der Waals surface area contributed by atoms with Crippen LogP contribution in [-0.4, -0.2) is 54.5 Å². The van der Waals surface area contributed by atoms with Gasteiger partial charge in [0.1, 0.15) is 10.9 Å². The third kappa shape index (κ3) is 6.02. The Morgan fingerprint density at radius 3 is 2.46 bits per heavy atom. The number of fused-ring (bicyclic) bond motifs is 1. The summed E-state index contributed by atoms with van der Waals surface area (Å²) >= 11 is 6.29. The first-order chi connectivity index (χ1) is 16.7. The van der Waals surface area contributed by atoms with Crippen molar-refractivity contribution in [1.82, 2.24) is 14.5 Å². The smallest absolute Gasteiger partial charge is 0.269 e. The van der Waals surface area contributed by atoms with E-state index >= 15 is 0 Å². The summed E-state index contributed by atoms with van der Waals surface area (Å²) < 4.78 is 26.3. The van der Waals surface area contributed by atoms with Gasteiger partial charge in [0.05, 0.1) is 5.56 Å². The van der Waals surface area contributed by atoms with Crippen LogP contribution in [0.5, 0.6) is 0 Å². The molecule has 0 radical (unpaired) electrons. The minimum absolute atomic E-state index is 0.0194. The third-order valence-corrected chi connectivity index (χ3v) is 8.17. The molecule has 0 fully saturated rings. The quantitative estimate of drug-likeness (QED) is 0.457. The van der Waals surface area contributed by atoms with Gasteiger partial charge in [0, 0.05) is 31.1 Å². The van der Waals surface area contributed by atoms with E-state index in [2.05, 4.69) is 5.32 Å². The first kappa shape index (κ1) is 26.7. The van der Waals surface area contributed by atoms with Crippen LogP contribution in [0.4, 0.5) is 0 Å². The van der Waals surface area contributed by atoms with Gasteiger partial charge in [-0.15, -0.1) is 0 Å². The molecule has 35 heavy (non-hydrogen) atoms. The minimum atomic E-state index is -3.93. The molecule has 8 nitrogen and oxygen atoms in total. The van der Waals surface area contributed by atoms with Crippen LogP contribution in [0.3, 0.4) is 0 Å². The second-order valence-electron chi connectivity index (χ2n) is 8.42. The second-order valence-corrected chi connectivity index (χ2v) is 10.7. The van der Waals surface area contributed by atoms with Gasteiger partial charge in [-0.2, -0.15) is 0 Å². The molecule has 3 amide bonds. The molecule has 10 heteroatoms. The van der Waals surface area contributed by atoms with Gasteiger partial charge in [0.15, 0.2) is 0 Å². The number of nitrogens with one attached hydrogen (secondary N) is 1. The van der Waals surface area contributed by atoms with Gasteiger partial charge >= 0.3 is 0 Å². The fourth-order valence-corrected chi connectivity index (χ4v) is 5.70. The first-order valence-corrected chi connectivity index (χ1v) is 13.5. The van der Waals surface area contributed by atoms with Gasteiger partial charge in [0.2, 0.25) is 11.8 Å². The summed E-state index contributed by atoms with van der Waals surface area (Å²) in [7, 11) is -3.93. The Labute approximate surface area is 211 Å². The van der Waals surface area contributed by atoms with Crippen molar-refractivity contribution in [1.29, 1.82) is 0 Å². The number of hydrogen-bond acceptors (Lipinski definition) is 5. The standard InChI is InChI=1S/C25H30ClN3O5S/c1-3-4-15-27-24(31)18(2)28(17-19-10-5-7-12-21(19)26)23(30)14-9-16-29-25(32)20-11-6-8-13-22(20)35(29,33)34/h5-8,10-13,18H,3-4,9,14-17H2,1-2H3,(H,27,31)/t18-/m0/s1. The van der Waals surface area contributed by atoms with Crippen LogP contribution in [0.25, 0.3) is 0 Å². The van der Waals surface area contributed by atoms with Crippen LogP contribution in [0.2, 0.25) is 5.02 Å². The molecular formula is C25H30ClN3O5S. The summed E-state index contributed by atoms with van der Waals surface area (Å²) in [6.07, 6.45) is 1.85. The maximum absolute atomic E-state index is 13.2. The number of carbonyl (C=O) groups is 3. The topological polar surface area (TPSA) is 104 Å². The summed E-state index contributed by atoms with van der Waals surface area (Å²) in [5, 5.41) is 3.33. The Morgan fingerprint density at radius 2 is 1.77 bits per heavy atom. The summed E-state index contributed by atoms with van der Waals surface area (Å²) in [5.41, 5.74) is 0.833. The summed E-state index contributed by atoms with van der Waals surface area (Å²) in [6.45, 7) is 4.20. The van der Waals surface area contributed by atoms with E-state index in [0.717, 1.165) is 17.1 Å². The molecule has 0 aliphatic carbocycles. The third-order valence-electron chi connectivity index (χ3n) is 5.96. The Kier molecular flexibility index (Phi) is 8.91. The molecule has 1 atom stereocenters. The monoisotopic (exact) mass is 519 g/mol.